The molecule has 2 aromatic carbocycles. The average molecular weight is 462 g/mol. The molecule has 31 heavy (non-hydrogen) atoms. The van der Waals surface area contributed by atoms with Crippen molar-refractivity contribution < 1.29 is 27.1 Å². The van der Waals surface area contributed by atoms with Crippen molar-refractivity contribution in [3.8, 4) is 0 Å². The zero-order chi connectivity index (χ0) is 22.4. The molecule has 0 saturated carbocycles. The van der Waals surface area contributed by atoms with E-state index in [2.05, 4.69) is 5.32 Å². The van der Waals surface area contributed by atoms with Crippen LogP contribution in [0.3, 0.4) is 0 Å². The number of amides is 1. The van der Waals surface area contributed by atoms with E-state index in [-0.39, 0.29) is 16.2 Å². The van der Waals surface area contributed by atoms with E-state index in [1.54, 1.807) is 12.1 Å². The Morgan fingerprint density at radius 3 is 2.42 bits per heavy atom. The predicted octanol–water partition coefficient (Wildman–Crippen LogP) is 3.74. The molecule has 0 fully saturated rings. The highest BCUT2D eigenvalue weighted by Gasteiger charge is 2.23. The molecule has 3 rings (SSSR count). The third kappa shape index (κ3) is 5.56. The Morgan fingerprint density at radius 2 is 1.77 bits per heavy atom. The monoisotopic (exact) mass is 461 g/mol. The van der Waals surface area contributed by atoms with Gasteiger partial charge < -0.3 is 10.1 Å². The molecule has 1 unspecified atom stereocenters. The van der Waals surface area contributed by atoms with E-state index < -0.39 is 40.2 Å². The van der Waals surface area contributed by atoms with Crippen LogP contribution >= 0.6 is 11.3 Å². The first kappa shape index (κ1) is 22.6. The quantitative estimate of drug-likeness (QED) is 0.516. The summed E-state index contributed by atoms with van der Waals surface area (Å²) in [5.41, 5.74) is 0.549. The van der Waals surface area contributed by atoms with Crippen molar-refractivity contribution in [2.45, 2.75) is 17.9 Å². The van der Waals surface area contributed by atoms with Gasteiger partial charge in [0.2, 0.25) is 0 Å². The Morgan fingerprint density at radius 1 is 1.06 bits per heavy atom. The van der Waals surface area contributed by atoms with Crippen LogP contribution in [0.4, 0.5) is 4.39 Å². The maximum Gasteiger partial charge on any atom is 0.339 e. The first-order chi connectivity index (χ1) is 14.8. The molecule has 1 N–H and O–H groups in total. The Labute approximate surface area is 183 Å². The Balaban J connectivity index is 1.72. The third-order valence-electron chi connectivity index (χ3n) is 4.49. The van der Waals surface area contributed by atoms with Crippen LogP contribution in [0.1, 0.15) is 33.8 Å². The molecule has 0 spiro atoms. The molecule has 0 saturated heterocycles. The lowest BCUT2D eigenvalue weighted by atomic mass is 10.1. The van der Waals surface area contributed by atoms with E-state index in [4.69, 9.17) is 4.74 Å². The summed E-state index contributed by atoms with van der Waals surface area (Å²) in [6.07, 6.45) is 0. The number of ether oxygens (including phenoxy) is 1. The van der Waals surface area contributed by atoms with Crippen molar-refractivity contribution in [1.82, 2.24) is 5.32 Å². The summed E-state index contributed by atoms with van der Waals surface area (Å²) < 4.78 is 42.8. The molecule has 0 aliphatic rings. The van der Waals surface area contributed by atoms with Crippen molar-refractivity contribution in [2.24, 2.45) is 0 Å². The lowest BCUT2D eigenvalue weighted by molar-refractivity contribution is -0.124. The van der Waals surface area contributed by atoms with E-state index in [1.165, 1.54) is 54.7 Å². The molecular weight excluding hydrogens is 441 g/mol. The molecule has 1 amide bonds. The number of sulfone groups is 1. The molecule has 162 valence electrons. The Bertz CT molecular complexity index is 1160. The number of benzene rings is 2. The summed E-state index contributed by atoms with van der Waals surface area (Å²) in [6, 6.07) is 14.6. The molecule has 1 aromatic heterocycles. The minimum absolute atomic E-state index is 0.120. The zero-order valence-corrected chi connectivity index (χ0v) is 18.2. The van der Waals surface area contributed by atoms with Gasteiger partial charge in [0.05, 0.1) is 22.3 Å². The van der Waals surface area contributed by atoms with Crippen molar-refractivity contribution in [3.63, 3.8) is 0 Å². The molecule has 9 heteroatoms. The van der Waals surface area contributed by atoms with E-state index in [0.717, 1.165) is 4.88 Å². The van der Waals surface area contributed by atoms with E-state index in [9.17, 15) is 22.4 Å². The predicted molar refractivity (Wildman–Crippen MR) is 115 cm³/mol. The average Bonchev–Trinajstić information content (AvgIpc) is 3.31. The summed E-state index contributed by atoms with van der Waals surface area (Å²) in [6.45, 7) is 0.882. The molecule has 1 heterocycles. The second-order valence-electron chi connectivity index (χ2n) is 6.54. The maximum atomic E-state index is 13.3. The van der Waals surface area contributed by atoms with Crippen LogP contribution in [-0.2, 0) is 19.4 Å². The van der Waals surface area contributed by atoms with Gasteiger partial charge in [-0.1, -0.05) is 37.3 Å². The summed E-state index contributed by atoms with van der Waals surface area (Å²) in [4.78, 5) is 25.6. The normalized spacial score (nSPS) is 12.2. The van der Waals surface area contributed by atoms with Gasteiger partial charge in [-0.15, -0.1) is 11.3 Å². The Hall–Kier alpha value is -3.04. The first-order valence-electron chi connectivity index (χ1n) is 9.39. The van der Waals surface area contributed by atoms with Gasteiger partial charge in [-0.05, 0) is 41.3 Å². The fraction of sp³-hybridized carbons (Fsp3) is 0.182. The molecule has 0 bridgehead atoms. The van der Waals surface area contributed by atoms with Gasteiger partial charge in [0.15, 0.2) is 16.4 Å². The van der Waals surface area contributed by atoms with Crippen LogP contribution in [0.2, 0.25) is 0 Å². The standard InChI is InChI=1S/C22H20FNO5S2/c1-2-31(27,28)19-8-4-3-6-17(19)22(26)29-14-20(25)24-21(18-7-5-13-30-18)15-9-11-16(23)12-10-15/h3-13,21H,2,14H2,1H3,(H,24,25). The lowest BCUT2D eigenvalue weighted by Gasteiger charge is -2.18. The van der Waals surface area contributed by atoms with E-state index in [1.807, 2.05) is 17.5 Å². The number of hydrogen-bond acceptors (Lipinski definition) is 6. The van der Waals surface area contributed by atoms with Crippen molar-refractivity contribution in [3.05, 3.63) is 87.9 Å². The summed E-state index contributed by atoms with van der Waals surface area (Å²) in [7, 11) is -3.63. The second kappa shape index (κ2) is 9.84. The summed E-state index contributed by atoms with van der Waals surface area (Å²) in [5.74, 6) is -2.04. The van der Waals surface area contributed by atoms with Crippen LogP contribution in [0.25, 0.3) is 0 Å². The molecule has 0 radical (unpaired) electrons. The van der Waals surface area contributed by atoms with Gasteiger partial charge in [-0.2, -0.15) is 0 Å². The van der Waals surface area contributed by atoms with Crippen molar-refractivity contribution >= 4 is 33.1 Å². The zero-order valence-electron chi connectivity index (χ0n) is 16.6. The lowest BCUT2D eigenvalue weighted by Crippen LogP contribution is -2.32. The minimum Gasteiger partial charge on any atom is -0.452 e. The number of carbonyl (C=O) groups is 2. The summed E-state index contributed by atoms with van der Waals surface area (Å²) in [5, 5.41) is 4.62. The summed E-state index contributed by atoms with van der Waals surface area (Å²) >= 11 is 1.42. The number of halogens is 1. The minimum atomic E-state index is -3.63. The van der Waals surface area contributed by atoms with Crippen LogP contribution in [-0.4, -0.2) is 32.7 Å². The largest absolute Gasteiger partial charge is 0.452 e. The fourth-order valence-corrected chi connectivity index (χ4v) is 4.79. The highest BCUT2D eigenvalue weighted by molar-refractivity contribution is 7.91. The molecule has 0 aliphatic heterocycles. The third-order valence-corrected chi connectivity index (χ3v) is 7.22. The van der Waals surface area contributed by atoms with Gasteiger partial charge in [-0.3, -0.25) is 4.79 Å². The van der Waals surface area contributed by atoms with Gasteiger partial charge in [0.25, 0.3) is 5.91 Å². The number of hydrogen-bond donors (Lipinski definition) is 1. The van der Waals surface area contributed by atoms with Gasteiger partial charge >= 0.3 is 5.97 Å². The van der Waals surface area contributed by atoms with Gasteiger partial charge in [0.1, 0.15) is 5.82 Å². The first-order valence-corrected chi connectivity index (χ1v) is 11.9. The maximum absolute atomic E-state index is 13.3. The fourth-order valence-electron chi connectivity index (χ4n) is 2.90. The molecular formula is C22H20FNO5S2. The molecule has 0 aliphatic carbocycles. The van der Waals surface area contributed by atoms with Gasteiger partial charge in [-0.25, -0.2) is 17.6 Å². The SMILES string of the molecule is CCS(=O)(=O)c1ccccc1C(=O)OCC(=O)NC(c1ccc(F)cc1)c1cccs1. The molecule has 1 atom stereocenters. The Kier molecular flexibility index (Phi) is 7.19. The number of esters is 1. The van der Waals surface area contributed by atoms with E-state index >= 15 is 0 Å². The highest BCUT2D eigenvalue weighted by atomic mass is 32.2. The molecule has 6 nitrogen and oxygen atoms in total. The molecule has 3 aromatic rings. The smallest absolute Gasteiger partial charge is 0.339 e. The number of carbonyl (C=O) groups excluding carboxylic acids is 2. The van der Waals surface area contributed by atoms with Crippen LogP contribution in [0, 0.1) is 5.82 Å². The van der Waals surface area contributed by atoms with E-state index in [0.29, 0.717) is 5.56 Å². The van der Waals surface area contributed by atoms with Crippen molar-refractivity contribution in [2.75, 3.05) is 12.4 Å². The number of rotatable bonds is 8. The van der Waals surface area contributed by atoms with Crippen LogP contribution in [0.5, 0.6) is 0 Å². The highest BCUT2D eigenvalue weighted by Crippen LogP contribution is 2.26. The van der Waals surface area contributed by atoms with Crippen LogP contribution in [0.15, 0.2) is 70.9 Å². The van der Waals surface area contributed by atoms with Gasteiger partial charge in [0, 0.05) is 4.88 Å². The van der Waals surface area contributed by atoms with Crippen molar-refractivity contribution in [1.29, 1.82) is 0 Å². The second-order valence-corrected chi connectivity index (χ2v) is 9.77. The van der Waals surface area contributed by atoms with Crippen LogP contribution < -0.4 is 5.32 Å². The number of thiophene rings is 1. The number of nitrogens with one attached hydrogen (secondary N) is 1. The topological polar surface area (TPSA) is 89.5 Å².